The van der Waals surface area contributed by atoms with E-state index in [0.29, 0.717) is 6.42 Å². The van der Waals surface area contributed by atoms with E-state index in [1.807, 2.05) is 6.92 Å². The Morgan fingerprint density at radius 1 is 1.23 bits per heavy atom. The molecular formula is C13H21N3O6. The molecule has 0 aromatic carbocycles. The van der Waals surface area contributed by atoms with Crippen molar-refractivity contribution in [2.75, 3.05) is 21.3 Å². The van der Waals surface area contributed by atoms with Crippen molar-refractivity contribution in [1.29, 1.82) is 0 Å². The van der Waals surface area contributed by atoms with Gasteiger partial charge in [-0.2, -0.15) is 5.48 Å². The SMILES string of the molecule is COC(=O)C1C(C)C(NOO)CC2N=C(OC)C(OC)=NC21. The summed E-state index contributed by atoms with van der Waals surface area (Å²) in [5, 5.41) is 8.66. The Morgan fingerprint density at radius 2 is 1.86 bits per heavy atom. The van der Waals surface area contributed by atoms with E-state index in [-0.39, 0.29) is 35.8 Å². The molecule has 0 amide bonds. The molecule has 9 nitrogen and oxygen atoms in total. The Morgan fingerprint density at radius 3 is 2.41 bits per heavy atom. The van der Waals surface area contributed by atoms with E-state index < -0.39 is 12.0 Å². The number of hydroxylamine groups is 1. The van der Waals surface area contributed by atoms with Crippen LogP contribution in [0.1, 0.15) is 13.3 Å². The molecular weight excluding hydrogens is 294 g/mol. The fraction of sp³-hybridized carbons (Fsp3) is 0.769. The van der Waals surface area contributed by atoms with Crippen molar-refractivity contribution >= 4 is 17.8 Å². The number of hydrogen-bond acceptors (Lipinski definition) is 9. The Labute approximate surface area is 128 Å². The molecule has 0 radical (unpaired) electrons. The molecule has 1 fully saturated rings. The van der Waals surface area contributed by atoms with Crippen LogP contribution in [0.15, 0.2) is 9.98 Å². The summed E-state index contributed by atoms with van der Waals surface area (Å²) in [4.78, 5) is 25.2. The summed E-state index contributed by atoms with van der Waals surface area (Å²) >= 11 is 0. The van der Waals surface area contributed by atoms with Crippen molar-refractivity contribution in [2.45, 2.75) is 31.5 Å². The van der Waals surface area contributed by atoms with Gasteiger partial charge in [0.25, 0.3) is 11.8 Å². The van der Waals surface area contributed by atoms with Crippen LogP contribution in [0.3, 0.4) is 0 Å². The van der Waals surface area contributed by atoms with Gasteiger partial charge in [-0.05, 0) is 12.3 Å². The minimum Gasteiger partial charge on any atom is -0.477 e. The number of carbonyl (C=O) groups is 1. The zero-order valence-electron chi connectivity index (χ0n) is 13.0. The van der Waals surface area contributed by atoms with Crippen LogP contribution in [0, 0.1) is 11.8 Å². The molecule has 5 unspecified atom stereocenters. The number of esters is 1. The van der Waals surface area contributed by atoms with E-state index in [0.717, 1.165) is 0 Å². The molecule has 22 heavy (non-hydrogen) atoms. The van der Waals surface area contributed by atoms with Crippen molar-refractivity contribution in [1.82, 2.24) is 5.48 Å². The molecule has 1 saturated carbocycles. The standard InChI is InChI=1S/C13H21N3O6/c1-6-7(16-22-18)5-8-10(9(6)13(17)21-4)15-12(20-3)11(14-8)19-2/h6-10,16,18H,5H2,1-4H3. The maximum Gasteiger partial charge on any atom is 0.311 e. The molecule has 1 heterocycles. The van der Waals surface area contributed by atoms with E-state index in [4.69, 9.17) is 19.5 Å². The zero-order chi connectivity index (χ0) is 16.3. The molecule has 0 saturated heterocycles. The maximum absolute atomic E-state index is 12.2. The highest BCUT2D eigenvalue weighted by atomic mass is 17.2. The molecule has 2 rings (SSSR count). The monoisotopic (exact) mass is 315 g/mol. The molecule has 5 atom stereocenters. The van der Waals surface area contributed by atoms with E-state index >= 15 is 0 Å². The number of carbonyl (C=O) groups excluding carboxylic acids is 1. The van der Waals surface area contributed by atoms with Gasteiger partial charge < -0.3 is 14.2 Å². The van der Waals surface area contributed by atoms with Crippen LogP contribution in [0.4, 0.5) is 0 Å². The van der Waals surface area contributed by atoms with Gasteiger partial charge in [-0.3, -0.25) is 4.79 Å². The van der Waals surface area contributed by atoms with E-state index in [1.54, 1.807) is 0 Å². The molecule has 1 aliphatic heterocycles. The van der Waals surface area contributed by atoms with Gasteiger partial charge in [-0.15, -0.1) is 4.99 Å². The quantitative estimate of drug-likeness (QED) is 0.429. The number of rotatable bonds is 3. The lowest BCUT2D eigenvalue weighted by Crippen LogP contribution is -2.56. The van der Waals surface area contributed by atoms with Crippen LogP contribution >= 0.6 is 0 Å². The lowest BCUT2D eigenvalue weighted by Gasteiger charge is -2.42. The zero-order valence-corrected chi connectivity index (χ0v) is 13.0. The van der Waals surface area contributed by atoms with Gasteiger partial charge in [0.05, 0.1) is 39.3 Å². The van der Waals surface area contributed by atoms with Gasteiger partial charge >= 0.3 is 5.97 Å². The minimum absolute atomic E-state index is 0.179. The summed E-state index contributed by atoms with van der Waals surface area (Å²) in [6.45, 7) is 1.87. The van der Waals surface area contributed by atoms with Gasteiger partial charge in [0, 0.05) is 6.04 Å². The smallest absolute Gasteiger partial charge is 0.311 e. The van der Waals surface area contributed by atoms with Crippen LogP contribution in [0.5, 0.6) is 0 Å². The van der Waals surface area contributed by atoms with Crippen molar-refractivity contribution < 1.29 is 29.3 Å². The van der Waals surface area contributed by atoms with Crippen LogP contribution in [0.25, 0.3) is 0 Å². The predicted molar refractivity (Wildman–Crippen MR) is 76.4 cm³/mol. The molecule has 0 spiro atoms. The van der Waals surface area contributed by atoms with Crippen LogP contribution in [0.2, 0.25) is 0 Å². The summed E-state index contributed by atoms with van der Waals surface area (Å²) < 4.78 is 15.2. The topological polar surface area (TPSA) is 111 Å². The summed E-state index contributed by atoms with van der Waals surface area (Å²) in [6, 6.07) is -0.994. The lowest BCUT2D eigenvalue weighted by molar-refractivity contribution is -0.304. The van der Waals surface area contributed by atoms with Crippen LogP contribution < -0.4 is 5.48 Å². The second kappa shape index (κ2) is 7.03. The highest BCUT2D eigenvalue weighted by Gasteiger charge is 2.49. The average molecular weight is 315 g/mol. The number of fused-ring (bicyclic) bond motifs is 1. The Balaban J connectivity index is 2.36. The number of ether oxygens (including phenoxy) is 3. The Hall–Kier alpha value is -1.71. The number of aliphatic imine (C=N–C) groups is 2. The minimum atomic E-state index is -0.538. The second-order valence-corrected chi connectivity index (χ2v) is 5.29. The van der Waals surface area contributed by atoms with Gasteiger partial charge in [-0.25, -0.2) is 15.2 Å². The highest BCUT2D eigenvalue weighted by molar-refractivity contribution is 6.35. The van der Waals surface area contributed by atoms with Crippen molar-refractivity contribution in [2.24, 2.45) is 21.8 Å². The van der Waals surface area contributed by atoms with Crippen LogP contribution in [-0.4, -0.2) is 62.5 Å². The molecule has 0 bridgehead atoms. The summed E-state index contributed by atoms with van der Waals surface area (Å²) in [5.74, 6) is -0.562. The fourth-order valence-electron chi connectivity index (χ4n) is 3.10. The van der Waals surface area contributed by atoms with Gasteiger partial charge in [-0.1, -0.05) is 6.92 Å². The molecule has 124 valence electrons. The molecule has 2 aliphatic rings. The summed E-state index contributed by atoms with van der Waals surface area (Å²) in [6.07, 6.45) is 0.521. The Bertz CT molecular complexity index is 480. The number of hydrogen-bond donors (Lipinski definition) is 2. The molecule has 0 aromatic rings. The molecule has 2 N–H and O–H groups in total. The highest BCUT2D eigenvalue weighted by Crippen LogP contribution is 2.37. The number of nitrogens with one attached hydrogen (secondary N) is 1. The van der Waals surface area contributed by atoms with Crippen molar-refractivity contribution in [3.8, 4) is 0 Å². The lowest BCUT2D eigenvalue weighted by atomic mass is 9.71. The normalized spacial score (nSPS) is 34.1. The van der Waals surface area contributed by atoms with Gasteiger partial charge in [0.1, 0.15) is 0 Å². The largest absolute Gasteiger partial charge is 0.477 e. The first-order valence-electron chi connectivity index (χ1n) is 6.95. The first-order chi connectivity index (χ1) is 10.6. The number of nitrogens with zero attached hydrogens (tertiary/aromatic N) is 2. The number of methoxy groups -OCH3 is 3. The fourth-order valence-corrected chi connectivity index (χ4v) is 3.10. The van der Waals surface area contributed by atoms with Gasteiger partial charge in [0.2, 0.25) is 0 Å². The maximum atomic E-state index is 12.2. The predicted octanol–water partition coefficient (Wildman–Crippen LogP) is 0.0188. The van der Waals surface area contributed by atoms with Crippen molar-refractivity contribution in [3.05, 3.63) is 0 Å². The third-order valence-electron chi connectivity index (χ3n) is 4.26. The van der Waals surface area contributed by atoms with Gasteiger partial charge in [0.15, 0.2) is 0 Å². The first-order valence-corrected chi connectivity index (χ1v) is 6.95. The van der Waals surface area contributed by atoms with Crippen LogP contribution in [-0.2, 0) is 24.0 Å². The molecule has 1 aliphatic carbocycles. The van der Waals surface area contributed by atoms with Crippen molar-refractivity contribution in [3.63, 3.8) is 0 Å². The third kappa shape index (κ3) is 2.92. The average Bonchev–Trinajstić information content (AvgIpc) is 2.54. The first kappa shape index (κ1) is 16.7. The third-order valence-corrected chi connectivity index (χ3v) is 4.26. The van der Waals surface area contributed by atoms with E-state index in [9.17, 15) is 4.79 Å². The summed E-state index contributed by atoms with van der Waals surface area (Å²) in [7, 11) is 4.28. The Kier molecular flexibility index (Phi) is 5.33. The summed E-state index contributed by atoms with van der Waals surface area (Å²) in [5.41, 5.74) is 2.49. The molecule has 0 aromatic heterocycles. The molecule has 9 heteroatoms. The second-order valence-electron chi connectivity index (χ2n) is 5.29. The van der Waals surface area contributed by atoms with E-state index in [1.165, 1.54) is 21.3 Å². The van der Waals surface area contributed by atoms with E-state index in [2.05, 4.69) is 20.5 Å².